The number of carbonyl (C=O) groups excluding carboxylic acids is 1. The molecule has 94 valence electrons. The van der Waals surface area contributed by atoms with Crippen molar-refractivity contribution < 1.29 is 14.7 Å². The number of likely N-dealkylation sites (N-methyl/N-ethyl adjacent to an activating group) is 1. The first kappa shape index (κ1) is 13.1. The number of rotatable bonds is 5. The molecule has 1 amide bonds. The summed E-state index contributed by atoms with van der Waals surface area (Å²) in [5.41, 5.74) is 0. The number of carboxylic acids is 1. The Kier molecular flexibility index (Phi) is 4.19. The van der Waals surface area contributed by atoms with Gasteiger partial charge >= 0.3 is 5.97 Å². The van der Waals surface area contributed by atoms with Crippen molar-refractivity contribution in [2.24, 2.45) is 0 Å². The minimum Gasteiger partial charge on any atom is -0.480 e. The standard InChI is InChI=1S/C10H16N4O3/c1-4-6(10(16)17)14(3)9(15)8-11-7(5-2)12-13-8/h6H,4-5H2,1-3H3,(H,16,17)(H,11,12,13). The van der Waals surface area contributed by atoms with Crippen molar-refractivity contribution in [2.45, 2.75) is 32.7 Å². The molecular weight excluding hydrogens is 224 g/mol. The summed E-state index contributed by atoms with van der Waals surface area (Å²) in [4.78, 5) is 27.9. The molecular formula is C10H16N4O3. The Balaban J connectivity index is 2.85. The zero-order chi connectivity index (χ0) is 13.0. The number of hydrogen-bond acceptors (Lipinski definition) is 4. The highest BCUT2D eigenvalue weighted by atomic mass is 16.4. The third-order valence-corrected chi connectivity index (χ3v) is 2.52. The molecule has 0 aromatic carbocycles. The predicted octanol–water partition coefficient (Wildman–Crippen LogP) is 0.302. The minimum absolute atomic E-state index is 0.00375. The van der Waals surface area contributed by atoms with Crippen LogP contribution < -0.4 is 0 Å². The smallest absolute Gasteiger partial charge is 0.326 e. The molecule has 1 rings (SSSR count). The Bertz CT molecular complexity index is 415. The second-order valence-corrected chi connectivity index (χ2v) is 3.64. The van der Waals surface area contributed by atoms with Gasteiger partial charge in [-0.3, -0.25) is 9.89 Å². The fourth-order valence-electron chi connectivity index (χ4n) is 1.46. The van der Waals surface area contributed by atoms with E-state index in [1.807, 2.05) is 6.92 Å². The van der Waals surface area contributed by atoms with Crippen LogP contribution >= 0.6 is 0 Å². The van der Waals surface area contributed by atoms with E-state index in [-0.39, 0.29) is 5.82 Å². The summed E-state index contributed by atoms with van der Waals surface area (Å²) in [7, 11) is 1.44. The zero-order valence-corrected chi connectivity index (χ0v) is 10.1. The Labute approximate surface area is 98.8 Å². The molecule has 1 unspecified atom stereocenters. The van der Waals surface area contributed by atoms with E-state index >= 15 is 0 Å². The molecule has 1 heterocycles. The lowest BCUT2D eigenvalue weighted by Crippen LogP contribution is -2.42. The van der Waals surface area contributed by atoms with Crippen LogP contribution in [0.5, 0.6) is 0 Å². The molecule has 1 aromatic rings. The first-order valence-corrected chi connectivity index (χ1v) is 5.42. The van der Waals surface area contributed by atoms with E-state index in [4.69, 9.17) is 5.11 Å². The van der Waals surface area contributed by atoms with Gasteiger partial charge in [0.2, 0.25) is 5.82 Å². The van der Waals surface area contributed by atoms with Crippen LogP contribution in [0.4, 0.5) is 0 Å². The first-order chi connectivity index (χ1) is 8.01. The van der Waals surface area contributed by atoms with Crippen molar-refractivity contribution in [1.82, 2.24) is 20.1 Å². The molecule has 7 nitrogen and oxygen atoms in total. The molecule has 0 saturated carbocycles. The number of H-pyrrole nitrogens is 1. The number of aryl methyl sites for hydroxylation is 1. The number of nitrogens with zero attached hydrogens (tertiary/aromatic N) is 3. The quantitative estimate of drug-likeness (QED) is 0.771. The van der Waals surface area contributed by atoms with Crippen molar-refractivity contribution in [1.29, 1.82) is 0 Å². The number of amides is 1. The largest absolute Gasteiger partial charge is 0.480 e. The van der Waals surface area contributed by atoms with Crippen molar-refractivity contribution >= 4 is 11.9 Å². The summed E-state index contributed by atoms with van der Waals surface area (Å²) in [6.45, 7) is 3.59. The van der Waals surface area contributed by atoms with Crippen molar-refractivity contribution in [3.63, 3.8) is 0 Å². The van der Waals surface area contributed by atoms with E-state index in [0.717, 1.165) is 4.90 Å². The maximum atomic E-state index is 11.9. The van der Waals surface area contributed by atoms with Gasteiger partial charge in [0, 0.05) is 13.5 Å². The number of carbonyl (C=O) groups is 2. The molecule has 0 radical (unpaired) electrons. The van der Waals surface area contributed by atoms with E-state index in [1.54, 1.807) is 6.92 Å². The fourth-order valence-corrected chi connectivity index (χ4v) is 1.46. The van der Waals surface area contributed by atoms with Crippen LogP contribution in [-0.4, -0.2) is 50.2 Å². The summed E-state index contributed by atoms with van der Waals surface area (Å²) in [6.07, 6.45) is 0.975. The van der Waals surface area contributed by atoms with E-state index in [1.165, 1.54) is 7.05 Å². The average Bonchev–Trinajstić information content (AvgIpc) is 2.76. The van der Waals surface area contributed by atoms with Gasteiger partial charge in [-0.1, -0.05) is 13.8 Å². The summed E-state index contributed by atoms with van der Waals surface area (Å²) in [6, 6.07) is -0.855. The lowest BCUT2D eigenvalue weighted by Gasteiger charge is -2.22. The predicted molar refractivity (Wildman–Crippen MR) is 59.6 cm³/mol. The molecule has 1 atom stereocenters. The molecule has 0 spiro atoms. The number of hydrogen-bond donors (Lipinski definition) is 2. The Morgan fingerprint density at radius 1 is 1.47 bits per heavy atom. The average molecular weight is 240 g/mol. The van der Waals surface area contributed by atoms with Crippen LogP contribution in [0.3, 0.4) is 0 Å². The monoisotopic (exact) mass is 240 g/mol. The number of aromatic amines is 1. The number of aromatic nitrogens is 3. The molecule has 0 aliphatic carbocycles. The SMILES string of the molecule is CCc1nc(C(=O)N(C)C(CC)C(=O)O)n[nH]1. The number of nitrogens with one attached hydrogen (secondary N) is 1. The highest BCUT2D eigenvalue weighted by Gasteiger charge is 2.27. The van der Waals surface area contributed by atoms with Crippen LogP contribution in [0.25, 0.3) is 0 Å². The second-order valence-electron chi connectivity index (χ2n) is 3.64. The molecule has 2 N–H and O–H groups in total. The summed E-state index contributed by atoms with van der Waals surface area (Å²) in [5, 5.41) is 15.3. The topological polar surface area (TPSA) is 99.2 Å². The van der Waals surface area contributed by atoms with E-state index in [9.17, 15) is 9.59 Å². The van der Waals surface area contributed by atoms with Gasteiger partial charge in [0.05, 0.1) is 0 Å². The third kappa shape index (κ3) is 2.80. The maximum absolute atomic E-state index is 11.9. The summed E-state index contributed by atoms with van der Waals surface area (Å²) < 4.78 is 0. The van der Waals surface area contributed by atoms with Crippen LogP contribution in [0, 0.1) is 0 Å². The molecule has 0 aliphatic rings. The number of aliphatic carboxylic acids is 1. The van der Waals surface area contributed by atoms with E-state index in [0.29, 0.717) is 18.7 Å². The normalized spacial score (nSPS) is 12.2. The van der Waals surface area contributed by atoms with E-state index < -0.39 is 17.9 Å². The zero-order valence-electron chi connectivity index (χ0n) is 10.1. The van der Waals surface area contributed by atoms with E-state index in [2.05, 4.69) is 15.2 Å². The van der Waals surface area contributed by atoms with Gasteiger partial charge in [-0.15, -0.1) is 5.10 Å². The Morgan fingerprint density at radius 2 is 2.12 bits per heavy atom. The van der Waals surface area contributed by atoms with Crippen molar-refractivity contribution in [2.75, 3.05) is 7.05 Å². The summed E-state index contributed by atoms with van der Waals surface area (Å²) in [5.74, 6) is -0.918. The van der Waals surface area contributed by atoms with Gasteiger partial charge in [-0.25, -0.2) is 9.78 Å². The third-order valence-electron chi connectivity index (χ3n) is 2.52. The summed E-state index contributed by atoms with van der Waals surface area (Å²) >= 11 is 0. The Morgan fingerprint density at radius 3 is 2.53 bits per heavy atom. The first-order valence-electron chi connectivity index (χ1n) is 5.42. The molecule has 0 aliphatic heterocycles. The molecule has 0 bridgehead atoms. The molecule has 7 heteroatoms. The minimum atomic E-state index is -1.03. The van der Waals surface area contributed by atoms with Crippen LogP contribution in [0.1, 0.15) is 36.7 Å². The molecule has 17 heavy (non-hydrogen) atoms. The molecule has 1 aromatic heterocycles. The maximum Gasteiger partial charge on any atom is 0.326 e. The number of carboxylic acid groups (broad SMARTS) is 1. The van der Waals surface area contributed by atoms with Crippen molar-refractivity contribution in [3.05, 3.63) is 11.6 Å². The van der Waals surface area contributed by atoms with Gasteiger partial charge in [0.25, 0.3) is 5.91 Å². The van der Waals surface area contributed by atoms with Crippen LogP contribution in [-0.2, 0) is 11.2 Å². The van der Waals surface area contributed by atoms with Gasteiger partial charge in [-0.2, -0.15) is 0 Å². The highest BCUT2D eigenvalue weighted by Crippen LogP contribution is 2.06. The van der Waals surface area contributed by atoms with Gasteiger partial charge in [-0.05, 0) is 6.42 Å². The van der Waals surface area contributed by atoms with Crippen LogP contribution in [0.15, 0.2) is 0 Å². The fraction of sp³-hybridized carbons (Fsp3) is 0.600. The Hall–Kier alpha value is -1.92. The van der Waals surface area contributed by atoms with Crippen molar-refractivity contribution in [3.8, 4) is 0 Å². The molecule has 0 fully saturated rings. The second kappa shape index (κ2) is 5.42. The lowest BCUT2D eigenvalue weighted by atomic mass is 10.2. The van der Waals surface area contributed by atoms with Gasteiger partial charge in [0.1, 0.15) is 11.9 Å². The van der Waals surface area contributed by atoms with Crippen LogP contribution in [0.2, 0.25) is 0 Å². The van der Waals surface area contributed by atoms with Gasteiger partial charge < -0.3 is 10.0 Å². The lowest BCUT2D eigenvalue weighted by molar-refractivity contribution is -0.142. The van der Waals surface area contributed by atoms with Gasteiger partial charge in [0.15, 0.2) is 0 Å². The molecule has 0 saturated heterocycles. The highest BCUT2D eigenvalue weighted by molar-refractivity contribution is 5.93.